The fraction of sp³-hybridized carbons (Fsp3) is 0.136. The Hall–Kier alpha value is -3.30. The molecule has 0 fully saturated rings. The van der Waals surface area contributed by atoms with Crippen molar-refractivity contribution in [2.75, 3.05) is 0 Å². The van der Waals surface area contributed by atoms with Crippen LogP contribution in [0.3, 0.4) is 0 Å². The number of thioether (sulfide) groups is 1. The summed E-state index contributed by atoms with van der Waals surface area (Å²) < 4.78 is 7.46. The van der Waals surface area contributed by atoms with E-state index >= 15 is 0 Å². The van der Waals surface area contributed by atoms with E-state index in [1.54, 1.807) is 23.7 Å². The quantitative estimate of drug-likeness (QED) is 0.325. The molecule has 0 radical (unpaired) electrons. The van der Waals surface area contributed by atoms with Crippen molar-refractivity contribution in [1.29, 1.82) is 0 Å². The molecule has 7 nitrogen and oxygen atoms in total. The van der Waals surface area contributed by atoms with Crippen molar-refractivity contribution in [3.63, 3.8) is 0 Å². The van der Waals surface area contributed by atoms with Gasteiger partial charge in [-0.25, -0.2) is 0 Å². The molecule has 0 bridgehead atoms. The van der Waals surface area contributed by atoms with E-state index in [1.807, 2.05) is 29.6 Å². The molecule has 1 aromatic carbocycles. The third kappa shape index (κ3) is 4.01. The number of rotatable bonds is 6. The van der Waals surface area contributed by atoms with Gasteiger partial charge >= 0.3 is 0 Å². The summed E-state index contributed by atoms with van der Waals surface area (Å²) in [5.41, 5.74) is 4.41. The number of pyridine rings is 1. The van der Waals surface area contributed by atoms with Crippen LogP contribution < -0.4 is 0 Å². The Bertz CT molecular complexity index is 1310. The number of benzene rings is 1. The van der Waals surface area contributed by atoms with Crippen molar-refractivity contribution in [2.45, 2.75) is 24.8 Å². The molecule has 4 aromatic heterocycles. The summed E-state index contributed by atoms with van der Waals surface area (Å²) in [5.74, 6) is 2.45. The molecule has 0 spiro atoms. The maximum atomic E-state index is 5.40. The van der Waals surface area contributed by atoms with E-state index in [4.69, 9.17) is 4.52 Å². The summed E-state index contributed by atoms with van der Waals surface area (Å²) in [6.07, 6.45) is 3.51. The van der Waals surface area contributed by atoms with E-state index in [0.717, 1.165) is 27.1 Å². The lowest BCUT2D eigenvalue weighted by Gasteiger charge is -2.12. The molecule has 0 saturated carbocycles. The Morgan fingerprint density at radius 1 is 1.03 bits per heavy atom. The smallest absolute Gasteiger partial charge is 0.268 e. The summed E-state index contributed by atoms with van der Waals surface area (Å²) in [6, 6.07) is 14.1. The van der Waals surface area contributed by atoms with Crippen LogP contribution >= 0.6 is 23.1 Å². The number of thiophene rings is 1. The van der Waals surface area contributed by atoms with Crippen LogP contribution in [0.15, 0.2) is 69.9 Å². The first-order valence-corrected chi connectivity index (χ1v) is 11.5. The van der Waals surface area contributed by atoms with Gasteiger partial charge in [-0.05, 0) is 60.7 Å². The molecule has 154 valence electrons. The van der Waals surface area contributed by atoms with Crippen molar-refractivity contribution >= 4 is 23.1 Å². The number of hydrogen-bond acceptors (Lipinski definition) is 8. The summed E-state index contributed by atoms with van der Waals surface area (Å²) >= 11 is 3.10. The number of nitrogens with zero attached hydrogens (tertiary/aromatic N) is 6. The van der Waals surface area contributed by atoms with Crippen molar-refractivity contribution in [3.05, 3.63) is 77.2 Å². The van der Waals surface area contributed by atoms with E-state index in [0.29, 0.717) is 17.5 Å². The highest BCUT2D eigenvalue weighted by Gasteiger charge is 2.18. The van der Waals surface area contributed by atoms with Crippen molar-refractivity contribution < 1.29 is 4.52 Å². The van der Waals surface area contributed by atoms with Gasteiger partial charge in [0.2, 0.25) is 0 Å². The molecule has 0 aliphatic heterocycles. The van der Waals surface area contributed by atoms with Crippen LogP contribution in [0.2, 0.25) is 0 Å². The summed E-state index contributed by atoms with van der Waals surface area (Å²) in [5, 5.41) is 15.8. The van der Waals surface area contributed by atoms with Gasteiger partial charge in [-0.15, -0.1) is 21.5 Å². The standard InChI is InChI=1S/C22H18N6OS2/c1-14-5-6-17(12-15(14)2)28-20(16-7-9-23-10-8-16)25-26-22(28)31-13-19-24-21(29-27-19)18-4-3-11-30-18/h3-12H,13H2,1-2H3. The Morgan fingerprint density at radius 3 is 2.68 bits per heavy atom. The lowest BCUT2D eigenvalue weighted by Crippen LogP contribution is -2.01. The molecule has 0 amide bonds. The Balaban J connectivity index is 1.48. The molecule has 0 aliphatic rings. The van der Waals surface area contributed by atoms with E-state index in [9.17, 15) is 0 Å². The summed E-state index contributed by atoms with van der Waals surface area (Å²) in [7, 11) is 0. The molecule has 5 rings (SSSR count). The van der Waals surface area contributed by atoms with E-state index in [1.165, 1.54) is 22.9 Å². The second kappa shape index (κ2) is 8.44. The Morgan fingerprint density at radius 2 is 1.90 bits per heavy atom. The molecular formula is C22H18N6OS2. The molecule has 0 saturated heterocycles. The lowest BCUT2D eigenvalue weighted by atomic mass is 10.1. The van der Waals surface area contributed by atoms with Gasteiger partial charge in [0.25, 0.3) is 5.89 Å². The minimum atomic E-state index is 0.522. The highest BCUT2D eigenvalue weighted by atomic mass is 32.2. The average molecular weight is 447 g/mol. The maximum absolute atomic E-state index is 5.40. The highest BCUT2D eigenvalue weighted by molar-refractivity contribution is 7.98. The van der Waals surface area contributed by atoms with Crippen LogP contribution in [0, 0.1) is 13.8 Å². The normalized spacial score (nSPS) is 11.2. The topological polar surface area (TPSA) is 82.5 Å². The summed E-state index contributed by atoms with van der Waals surface area (Å²) in [4.78, 5) is 9.58. The van der Waals surface area contributed by atoms with Crippen LogP contribution in [-0.2, 0) is 5.75 Å². The second-order valence-electron chi connectivity index (χ2n) is 6.93. The first-order chi connectivity index (χ1) is 15.2. The van der Waals surface area contributed by atoms with Crippen LogP contribution in [0.5, 0.6) is 0 Å². The van der Waals surface area contributed by atoms with Crippen LogP contribution in [0.25, 0.3) is 27.8 Å². The van der Waals surface area contributed by atoms with Crippen LogP contribution in [0.1, 0.15) is 17.0 Å². The molecule has 0 N–H and O–H groups in total. The predicted octanol–water partition coefficient (Wildman–Crippen LogP) is 5.35. The van der Waals surface area contributed by atoms with Gasteiger partial charge in [-0.2, -0.15) is 4.98 Å². The molecule has 0 atom stereocenters. The highest BCUT2D eigenvalue weighted by Crippen LogP contribution is 2.30. The van der Waals surface area contributed by atoms with E-state index in [2.05, 4.69) is 61.9 Å². The van der Waals surface area contributed by atoms with Gasteiger partial charge in [0.15, 0.2) is 16.8 Å². The lowest BCUT2D eigenvalue weighted by molar-refractivity contribution is 0.426. The number of aryl methyl sites for hydroxylation is 2. The van der Waals surface area contributed by atoms with E-state index in [-0.39, 0.29) is 0 Å². The largest absolute Gasteiger partial charge is 0.333 e. The molecule has 31 heavy (non-hydrogen) atoms. The third-order valence-corrected chi connectivity index (χ3v) is 6.63. The minimum Gasteiger partial charge on any atom is -0.333 e. The molecule has 9 heteroatoms. The monoisotopic (exact) mass is 446 g/mol. The SMILES string of the molecule is Cc1ccc(-n2c(SCc3noc(-c4cccs4)n3)nnc2-c2ccncc2)cc1C. The molecule has 0 unspecified atom stereocenters. The van der Waals surface area contributed by atoms with Gasteiger partial charge in [-0.1, -0.05) is 29.1 Å². The maximum Gasteiger partial charge on any atom is 0.268 e. The van der Waals surface area contributed by atoms with Crippen molar-refractivity contribution in [3.8, 4) is 27.8 Å². The predicted molar refractivity (Wildman–Crippen MR) is 121 cm³/mol. The van der Waals surface area contributed by atoms with Crippen LogP contribution in [0.4, 0.5) is 0 Å². The molecule has 5 aromatic rings. The zero-order valence-corrected chi connectivity index (χ0v) is 18.5. The minimum absolute atomic E-state index is 0.522. The van der Waals surface area contributed by atoms with Crippen molar-refractivity contribution in [1.82, 2.24) is 29.9 Å². The van der Waals surface area contributed by atoms with E-state index < -0.39 is 0 Å². The fourth-order valence-electron chi connectivity index (χ4n) is 3.09. The zero-order valence-electron chi connectivity index (χ0n) is 16.9. The number of hydrogen-bond donors (Lipinski definition) is 0. The second-order valence-corrected chi connectivity index (χ2v) is 8.82. The van der Waals surface area contributed by atoms with Crippen molar-refractivity contribution in [2.24, 2.45) is 0 Å². The Labute approximate surface area is 187 Å². The molecule has 4 heterocycles. The molecular weight excluding hydrogens is 428 g/mol. The first-order valence-electron chi connectivity index (χ1n) is 9.62. The molecule has 0 aliphatic carbocycles. The fourth-order valence-corrected chi connectivity index (χ4v) is 4.53. The van der Waals surface area contributed by atoms with Crippen LogP contribution in [-0.4, -0.2) is 29.9 Å². The first kappa shape index (κ1) is 19.7. The van der Waals surface area contributed by atoms with Gasteiger partial charge in [0.05, 0.1) is 16.3 Å². The van der Waals surface area contributed by atoms with Gasteiger partial charge in [-0.3, -0.25) is 9.55 Å². The zero-order chi connectivity index (χ0) is 21.2. The van der Waals surface area contributed by atoms with Gasteiger partial charge in [0, 0.05) is 18.0 Å². The Kier molecular flexibility index (Phi) is 5.35. The van der Waals surface area contributed by atoms with Gasteiger partial charge in [0.1, 0.15) is 0 Å². The summed E-state index contributed by atoms with van der Waals surface area (Å²) in [6.45, 7) is 4.21. The third-order valence-electron chi connectivity index (χ3n) is 4.85. The average Bonchev–Trinajstić information content (AvgIpc) is 3.55. The number of aromatic nitrogens is 6. The van der Waals surface area contributed by atoms with Gasteiger partial charge < -0.3 is 4.52 Å².